The van der Waals surface area contributed by atoms with Crippen molar-refractivity contribution in [2.45, 2.75) is 65.3 Å². The standard InChI is InChI=1S/C15H30N2O/c1-4-5-7-13(3)17-15(18)10-12(2)14-8-6-9-16-11-14/h12-14,16H,4-11H2,1-3H3,(H,17,18). The fraction of sp³-hybridized carbons (Fsp3) is 0.933. The highest BCUT2D eigenvalue weighted by Gasteiger charge is 2.22. The van der Waals surface area contributed by atoms with Crippen LogP contribution in [0.25, 0.3) is 0 Å². The lowest BCUT2D eigenvalue weighted by Gasteiger charge is -2.28. The molecule has 1 fully saturated rings. The Kier molecular flexibility index (Phi) is 7.33. The molecule has 0 aromatic heterocycles. The van der Waals surface area contributed by atoms with Crippen LogP contribution in [0.5, 0.6) is 0 Å². The van der Waals surface area contributed by atoms with Gasteiger partial charge in [-0.05, 0) is 51.1 Å². The Labute approximate surface area is 112 Å². The molecule has 3 atom stereocenters. The summed E-state index contributed by atoms with van der Waals surface area (Å²) in [6.07, 6.45) is 6.70. The molecule has 1 saturated heterocycles. The van der Waals surface area contributed by atoms with Crippen molar-refractivity contribution in [2.24, 2.45) is 11.8 Å². The van der Waals surface area contributed by atoms with E-state index in [0.717, 1.165) is 19.5 Å². The number of piperidine rings is 1. The highest BCUT2D eigenvalue weighted by molar-refractivity contribution is 5.76. The van der Waals surface area contributed by atoms with Gasteiger partial charge in [-0.25, -0.2) is 0 Å². The van der Waals surface area contributed by atoms with E-state index in [1.54, 1.807) is 0 Å². The van der Waals surface area contributed by atoms with E-state index in [9.17, 15) is 4.79 Å². The Bertz CT molecular complexity index is 237. The fourth-order valence-corrected chi connectivity index (χ4v) is 2.74. The van der Waals surface area contributed by atoms with E-state index >= 15 is 0 Å². The largest absolute Gasteiger partial charge is 0.354 e. The van der Waals surface area contributed by atoms with E-state index in [-0.39, 0.29) is 5.91 Å². The predicted octanol–water partition coefficient (Wildman–Crippen LogP) is 2.71. The molecule has 0 spiro atoms. The first-order valence-corrected chi connectivity index (χ1v) is 7.63. The molecule has 3 heteroatoms. The Balaban J connectivity index is 2.21. The molecule has 18 heavy (non-hydrogen) atoms. The second kappa shape index (κ2) is 8.52. The third-order valence-electron chi connectivity index (χ3n) is 4.05. The summed E-state index contributed by atoms with van der Waals surface area (Å²) in [5.74, 6) is 1.41. The van der Waals surface area contributed by atoms with Crippen LogP contribution in [0, 0.1) is 11.8 Å². The van der Waals surface area contributed by atoms with Crippen molar-refractivity contribution in [3.05, 3.63) is 0 Å². The molecule has 3 unspecified atom stereocenters. The molecule has 1 amide bonds. The molecule has 1 aliphatic rings. The van der Waals surface area contributed by atoms with Gasteiger partial charge in [-0.3, -0.25) is 4.79 Å². The van der Waals surface area contributed by atoms with E-state index in [4.69, 9.17) is 0 Å². The van der Waals surface area contributed by atoms with Gasteiger partial charge in [0.2, 0.25) is 5.91 Å². The SMILES string of the molecule is CCCCC(C)NC(=O)CC(C)C1CCCNC1. The third-order valence-corrected chi connectivity index (χ3v) is 4.05. The molecule has 106 valence electrons. The monoisotopic (exact) mass is 254 g/mol. The van der Waals surface area contributed by atoms with Gasteiger partial charge in [0.1, 0.15) is 0 Å². The van der Waals surface area contributed by atoms with E-state index in [1.165, 1.54) is 25.7 Å². The number of carbonyl (C=O) groups excluding carboxylic acids is 1. The van der Waals surface area contributed by atoms with Gasteiger partial charge in [0.05, 0.1) is 0 Å². The van der Waals surface area contributed by atoms with Gasteiger partial charge in [-0.1, -0.05) is 26.7 Å². The first kappa shape index (κ1) is 15.5. The molecular formula is C15H30N2O. The van der Waals surface area contributed by atoms with Crippen molar-refractivity contribution in [2.75, 3.05) is 13.1 Å². The molecule has 0 aromatic carbocycles. The summed E-state index contributed by atoms with van der Waals surface area (Å²) in [6.45, 7) is 8.74. The van der Waals surface area contributed by atoms with Crippen LogP contribution in [-0.4, -0.2) is 25.0 Å². The minimum atomic E-state index is 0.233. The zero-order valence-electron chi connectivity index (χ0n) is 12.3. The van der Waals surface area contributed by atoms with Crippen molar-refractivity contribution in [1.29, 1.82) is 0 Å². The maximum Gasteiger partial charge on any atom is 0.220 e. The Hall–Kier alpha value is -0.570. The van der Waals surface area contributed by atoms with Crippen molar-refractivity contribution in [3.63, 3.8) is 0 Å². The molecule has 3 nitrogen and oxygen atoms in total. The normalized spacial score (nSPS) is 23.4. The first-order chi connectivity index (χ1) is 8.63. The average molecular weight is 254 g/mol. The molecular weight excluding hydrogens is 224 g/mol. The second-order valence-electron chi connectivity index (χ2n) is 5.90. The minimum Gasteiger partial charge on any atom is -0.354 e. The summed E-state index contributed by atoms with van der Waals surface area (Å²) in [5.41, 5.74) is 0. The van der Waals surface area contributed by atoms with Gasteiger partial charge in [0.15, 0.2) is 0 Å². The van der Waals surface area contributed by atoms with E-state index in [2.05, 4.69) is 31.4 Å². The summed E-state index contributed by atoms with van der Waals surface area (Å²) in [7, 11) is 0. The molecule has 0 aliphatic carbocycles. The molecule has 1 aliphatic heterocycles. The quantitative estimate of drug-likeness (QED) is 0.733. The topological polar surface area (TPSA) is 41.1 Å². The molecule has 1 heterocycles. The number of hydrogen-bond acceptors (Lipinski definition) is 2. The van der Waals surface area contributed by atoms with Gasteiger partial charge >= 0.3 is 0 Å². The molecule has 1 rings (SSSR count). The van der Waals surface area contributed by atoms with Crippen LogP contribution in [0.3, 0.4) is 0 Å². The van der Waals surface area contributed by atoms with E-state index in [1.807, 2.05) is 0 Å². The van der Waals surface area contributed by atoms with Gasteiger partial charge in [0, 0.05) is 12.5 Å². The molecule has 0 aromatic rings. The van der Waals surface area contributed by atoms with Gasteiger partial charge < -0.3 is 10.6 Å². The van der Waals surface area contributed by atoms with Crippen LogP contribution in [-0.2, 0) is 4.79 Å². The summed E-state index contributed by atoms with van der Waals surface area (Å²) in [5, 5.41) is 6.55. The fourth-order valence-electron chi connectivity index (χ4n) is 2.74. The molecule has 0 radical (unpaired) electrons. The molecule has 2 N–H and O–H groups in total. The number of nitrogens with one attached hydrogen (secondary N) is 2. The van der Waals surface area contributed by atoms with Gasteiger partial charge in [0.25, 0.3) is 0 Å². The number of amides is 1. The number of carbonyl (C=O) groups is 1. The molecule has 0 bridgehead atoms. The van der Waals surface area contributed by atoms with E-state index in [0.29, 0.717) is 24.3 Å². The zero-order valence-corrected chi connectivity index (χ0v) is 12.3. The lowest BCUT2D eigenvalue weighted by molar-refractivity contribution is -0.123. The lowest BCUT2D eigenvalue weighted by Crippen LogP contribution is -2.37. The van der Waals surface area contributed by atoms with Crippen LogP contribution in [0.1, 0.15) is 59.3 Å². The highest BCUT2D eigenvalue weighted by atomic mass is 16.1. The van der Waals surface area contributed by atoms with Crippen molar-refractivity contribution >= 4 is 5.91 Å². The Morgan fingerprint density at radius 2 is 2.22 bits per heavy atom. The summed E-state index contributed by atoms with van der Waals surface area (Å²) < 4.78 is 0. The number of rotatable bonds is 7. The second-order valence-corrected chi connectivity index (χ2v) is 5.90. The Morgan fingerprint density at radius 3 is 2.83 bits per heavy atom. The van der Waals surface area contributed by atoms with E-state index < -0.39 is 0 Å². The summed E-state index contributed by atoms with van der Waals surface area (Å²) in [4.78, 5) is 11.9. The zero-order chi connectivity index (χ0) is 13.4. The maximum absolute atomic E-state index is 11.9. The smallest absolute Gasteiger partial charge is 0.220 e. The van der Waals surface area contributed by atoms with Crippen molar-refractivity contribution in [1.82, 2.24) is 10.6 Å². The summed E-state index contributed by atoms with van der Waals surface area (Å²) >= 11 is 0. The maximum atomic E-state index is 11.9. The van der Waals surface area contributed by atoms with Gasteiger partial charge in [-0.15, -0.1) is 0 Å². The summed E-state index contributed by atoms with van der Waals surface area (Å²) in [6, 6.07) is 0.328. The first-order valence-electron chi connectivity index (χ1n) is 7.63. The minimum absolute atomic E-state index is 0.233. The predicted molar refractivity (Wildman–Crippen MR) is 76.5 cm³/mol. The molecule has 0 saturated carbocycles. The van der Waals surface area contributed by atoms with Crippen molar-refractivity contribution in [3.8, 4) is 0 Å². The van der Waals surface area contributed by atoms with Crippen LogP contribution in [0.4, 0.5) is 0 Å². The third kappa shape index (κ3) is 5.85. The number of hydrogen-bond donors (Lipinski definition) is 2. The van der Waals surface area contributed by atoms with Gasteiger partial charge in [-0.2, -0.15) is 0 Å². The van der Waals surface area contributed by atoms with Crippen molar-refractivity contribution < 1.29 is 4.79 Å². The van der Waals surface area contributed by atoms with Crippen LogP contribution >= 0.6 is 0 Å². The highest BCUT2D eigenvalue weighted by Crippen LogP contribution is 2.22. The lowest BCUT2D eigenvalue weighted by atomic mass is 9.85. The average Bonchev–Trinajstić information content (AvgIpc) is 2.37. The van der Waals surface area contributed by atoms with Crippen LogP contribution in [0.2, 0.25) is 0 Å². The van der Waals surface area contributed by atoms with Crippen LogP contribution in [0.15, 0.2) is 0 Å². The number of unbranched alkanes of at least 4 members (excludes halogenated alkanes) is 1. The van der Waals surface area contributed by atoms with Crippen LogP contribution < -0.4 is 10.6 Å². The Morgan fingerprint density at radius 1 is 1.44 bits per heavy atom.